The van der Waals surface area contributed by atoms with Crippen molar-refractivity contribution < 1.29 is 5.11 Å². The summed E-state index contributed by atoms with van der Waals surface area (Å²) < 4.78 is 0. The molecule has 0 aliphatic heterocycles. The first-order valence-electron chi connectivity index (χ1n) is 6.36. The molecule has 0 fully saturated rings. The van der Waals surface area contributed by atoms with Gasteiger partial charge >= 0.3 is 0 Å². The number of rotatable bonds is 2. The summed E-state index contributed by atoms with van der Waals surface area (Å²) in [6.07, 6.45) is 0. The number of thiophene rings is 1. The van der Waals surface area contributed by atoms with E-state index in [9.17, 15) is 5.11 Å². The second-order valence-electron chi connectivity index (χ2n) is 5.04. The lowest BCUT2D eigenvalue weighted by Crippen LogP contribution is -2.21. The number of fused-ring (bicyclic) bond motifs is 1. The van der Waals surface area contributed by atoms with Crippen LogP contribution in [0.4, 0.5) is 0 Å². The van der Waals surface area contributed by atoms with Crippen molar-refractivity contribution in [2.45, 2.75) is 19.4 Å². The van der Waals surface area contributed by atoms with Gasteiger partial charge in [0.1, 0.15) is 5.60 Å². The molecule has 1 atom stereocenters. The molecular weight excluding hydrogens is 252 g/mol. The fraction of sp³-hybridized carbons (Fsp3) is 0.176. The predicted molar refractivity (Wildman–Crippen MR) is 81.7 cm³/mol. The van der Waals surface area contributed by atoms with Gasteiger partial charge < -0.3 is 5.11 Å². The molecule has 3 rings (SSSR count). The van der Waals surface area contributed by atoms with E-state index in [0.717, 1.165) is 15.8 Å². The van der Waals surface area contributed by atoms with Gasteiger partial charge in [0.25, 0.3) is 0 Å². The van der Waals surface area contributed by atoms with Gasteiger partial charge in [0.05, 0.1) is 0 Å². The normalized spacial score (nSPS) is 14.5. The highest BCUT2D eigenvalue weighted by Gasteiger charge is 2.27. The minimum absolute atomic E-state index is 0.928. The quantitative estimate of drug-likeness (QED) is 0.727. The van der Waals surface area contributed by atoms with E-state index in [-0.39, 0.29) is 0 Å². The van der Waals surface area contributed by atoms with Crippen LogP contribution in [0.2, 0.25) is 0 Å². The molecular formula is C17H16OS. The summed E-state index contributed by atoms with van der Waals surface area (Å²) in [5.74, 6) is 0. The summed E-state index contributed by atoms with van der Waals surface area (Å²) >= 11 is 1.64. The van der Waals surface area contributed by atoms with Crippen LogP contribution >= 0.6 is 11.3 Å². The lowest BCUT2D eigenvalue weighted by Gasteiger charge is -2.23. The maximum atomic E-state index is 10.8. The monoisotopic (exact) mass is 268 g/mol. The topological polar surface area (TPSA) is 20.2 Å². The zero-order valence-corrected chi connectivity index (χ0v) is 11.9. The zero-order chi connectivity index (χ0) is 13.5. The van der Waals surface area contributed by atoms with Gasteiger partial charge in [-0.25, -0.2) is 0 Å². The molecule has 19 heavy (non-hydrogen) atoms. The van der Waals surface area contributed by atoms with Gasteiger partial charge in [-0.15, -0.1) is 11.3 Å². The Morgan fingerprint density at radius 2 is 1.68 bits per heavy atom. The van der Waals surface area contributed by atoms with Gasteiger partial charge in [-0.1, -0.05) is 36.4 Å². The van der Waals surface area contributed by atoms with Crippen molar-refractivity contribution >= 4 is 22.1 Å². The van der Waals surface area contributed by atoms with E-state index < -0.39 is 5.60 Å². The SMILES string of the molecule is Cc1ccc(C(C)(O)c2ccc3ccccc3c2)s1. The molecule has 0 aliphatic carbocycles. The smallest absolute Gasteiger partial charge is 0.121 e. The van der Waals surface area contributed by atoms with Crippen LogP contribution in [0.15, 0.2) is 54.6 Å². The molecule has 1 nitrogen and oxygen atoms in total. The third kappa shape index (κ3) is 2.18. The van der Waals surface area contributed by atoms with Crippen LogP contribution in [0.3, 0.4) is 0 Å². The van der Waals surface area contributed by atoms with Crippen LogP contribution in [0, 0.1) is 6.92 Å². The van der Waals surface area contributed by atoms with E-state index in [1.54, 1.807) is 11.3 Å². The van der Waals surface area contributed by atoms with E-state index in [1.165, 1.54) is 10.3 Å². The highest BCUT2D eigenvalue weighted by molar-refractivity contribution is 7.12. The molecule has 0 saturated carbocycles. The van der Waals surface area contributed by atoms with Crippen molar-refractivity contribution in [1.29, 1.82) is 0 Å². The summed E-state index contributed by atoms with van der Waals surface area (Å²) in [5, 5.41) is 13.2. The second kappa shape index (κ2) is 4.48. The van der Waals surface area contributed by atoms with E-state index >= 15 is 0 Å². The third-order valence-electron chi connectivity index (χ3n) is 3.53. The Balaban J connectivity index is 2.12. The first kappa shape index (κ1) is 12.4. The Morgan fingerprint density at radius 3 is 2.37 bits per heavy atom. The Kier molecular flexibility index (Phi) is 2.92. The highest BCUT2D eigenvalue weighted by atomic mass is 32.1. The molecule has 2 heteroatoms. The molecule has 2 aromatic carbocycles. The number of hydrogen-bond acceptors (Lipinski definition) is 2. The number of benzene rings is 2. The molecule has 3 aromatic rings. The molecule has 0 bridgehead atoms. The van der Waals surface area contributed by atoms with Crippen LogP contribution in [0.1, 0.15) is 22.2 Å². The summed E-state index contributed by atoms with van der Waals surface area (Å²) in [5.41, 5.74) is 0.0104. The van der Waals surface area contributed by atoms with E-state index in [1.807, 2.05) is 31.2 Å². The molecule has 1 N–H and O–H groups in total. The van der Waals surface area contributed by atoms with Crippen LogP contribution in [0.25, 0.3) is 10.8 Å². The van der Waals surface area contributed by atoms with E-state index in [4.69, 9.17) is 0 Å². The summed E-state index contributed by atoms with van der Waals surface area (Å²) in [7, 11) is 0. The van der Waals surface area contributed by atoms with Crippen LogP contribution in [-0.2, 0) is 5.60 Å². The Bertz CT molecular complexity index is 725. The average Bonchev–Trinajstić information content (AvgIpc) is 2.85. The number of hydrogen-bond donors (Lipinski definition) is 1. The fourth-order valence-electron chi connectivity index (χ4n) is 2.33. The van der Waals surface area contributed by atoms with Crippen molar-refractivity contribution in [2.24, 2.45) is 0 Å². The maximum Gasteiger partial charge on any atom is 0.121 e. The third-order valence-corrected chi connectivity index (χ3v) is 4.74. The molecule has 1 heterocycles. The molecule has 0 aliphatic rings. The van der Waals surface area contributed by atoms with Gasteiger partial charge in [-0.05, 0) is 48.4 Å². The minimum atomic E-state index is -0.928. The van der Waals surface area contributed by atoms with Crippen molar-refractivity contribution in [3.63, 3.8) is 0 Å². The molecule has 1 unspecified atom stereocenters. The van der Waals surface area contributed by atoms with Gasteiger partial charge in [0, 0.05) is 9.75 Å². The fourth-order valence-corrected chi connectivity index (χ4v) is 3.27. The molecule has 0 amide bonds. The summed E-state index contributed by atoms with van der Waals surface area (Å²) in [6, 6.07) is 18.4. The van der Waals surface area contributed by atoms with Crippen molar-refractivity contribution in [3.05, 3.63) is 69.9 Å². The summed E-state index contributed by atoms with van der Waals surface area (Å²) in [4.78, 5) is 2.20. The first-order chi connectivity index (χ1) is 9.07. The Morgan fingerprint density at radius 1 is 0.947 bits per heavy atom. The van der Waals surface area contributed by atoms with Gasteiger partial charge in [-0.2, -0.15) is 0 Å². The number of aryl methyl sites for hydroxylation is 1. The molecule has 1 aromatic heterocycles. The van der Waals surface area contributed by atoms with Gasteiger partial charge in [0.15, 0.2) is 0 Å². The van der Waals surface area contributed by atoms with Crippen molar-refractivity contribution in [1.82, 2.24) is 0 Å². The molecule has 0 radical (unpaired) electrons. The largest absolute Gasteiger partial charge is 0.380 e. The van der Waals surface area contributed by atoms with Gasteiger partial charge in [0.2, 0.25) is 0 Å². The molecule has 96 valence electrons. The van der Waals surface area contributed by atoms with Crippen molar-refractivity contribution in [2.75, 3.05) is 0 Å². The molecule has 0 spiro atoms. The lowest BCUT2D eigenvalue weighted by molar-refractivity contribution is 0.106. The van der Waals surface area contributed by atoms with Crippen molar-refractivity contribution in [3.8, 4) is 0 Å². The maximum absolute atomic E-state index is 10.8. The van der Waals surface area contributed by atoms with Gasteiger partial charge in [-0.3, -0.25) is 0 Å². The lowest BCUT2D eigenvalue weighted by atomic mass is 9.92. The highest BCUT2D eigenvalue weighted by Crippen LogP contribution is 2.35. The predicted octanol–water partition coefficient (Wildman–Crippen LogP) is 4.47. The standard InChI is InChI=1S/C17H16OS/c1-12-7-10-16(19-12)17(2,18)15-9-8-13-5-3-4-6-14(13)11-15/h3-11,18H,1-2H3. The van der Waals surface area contributed by atoms with Crippen LogP contribution in [0.5, 0.6) is 0 Å². The van der Waals surface area contributed by atoms with Crippen LogP contribution < -0.4 is 0 Å². The average molecular weight is 268 g/mol. The minimum Gasteiger partial charge on any atom is -0.380 e. The Hall–Kier alpha value is -1.64. The number of aliphatic hydroxyl groups is 1. The molecule has 0 saturated heterocycles. The Labute approximate surface area is 117 Å². The van der Waals surface area contributed by atoms with E-state index in [2.05, 4.69) is 37.3 Å². The van der Waals surface area contributed by atoms with E-state index in [0.29, 0.717) is 0 Å². The zero-order valence-electron chi connectivity index (χ0n) is 11.1. The summed E-state index contributed by atoms with van der Waals surface area (Å²) in [6.45, 7) is 3.92. The van der Waals surface area contributed by atoms with Crippen LogP contribution in [-0.4, -0.2) is 5.11 Å². The first-order valence-corrected chi connectivity index (χ1v) is 7.17. The second-order valence-corrected chi connectivity index (χ2v) is 6.33.